The lowest BCUT2D eigenvalue weighted by Crippen LogP contribution is -2.47. The van der Waals surface area contributed by atoms with E-state index in [0.29, 0.717) is 5.95 Å². The molecule has 2 heterocycles. The maximum Gasteiger partial charge on any atom is 0.227 e. The molecule has 2 aromatic rings. The second-order valence-corrected chi connectivity index (χ2v) is 6.76. The van der Waals surface area contributed by atoms with Gasteiger partial charge in [-0.1, -0.05) is 12.1 Å². The fourth-order valence-electron chi connectivity index (χ4n) is 3.38. The van der Waals surface area contributed by atoms with E-state index in [1.807, 2.05) is 6.07 Å². The van der Waals surface area contributed by atoms with Crippen LogP contribution in [0.4, 0.5) is 11.6 Å². The van der Waals surface area contributed by atoms with Crippen molar-refractivity contribution in [2.75, 3.05) is 38.0 Å². The standard InChI is InChI=1S/C19H25N5/c1-3-16(15-17(4-1)22-19-20-8-2-9-21-19)7-10-23-11-13-24(14-12-23)18-5-6-18/h1-4,8-9,15,18H,5-7,10-14H2,(H,20,21,22). The third-order valence-electron chi connectivity index (χ3n) is 4.94. The van der Waals surface area contributed by atoms with Crippen molar-refractivity contribution in [2.45, 2.75) is 25.3 Å². The van der Waals surface area contributed by atoms with Crippen LogP contribution in [0.2, 0.25) is 0 Å². The number of aromatic nitrogens is 2. The van der Waals surface area contributed by atoms with E-state index in [0.717, 1.165) is 24.7 Å². The number of nitrogens with one attached hydrogen (secondary N) is 1. The van der Waals surface area contributed by atoms with Crippen molar-refractivity contribution in [2.24, 2.45) is 0 Å². The number of benzene rings is 1. The smallest absolute Gasteiger partial charge is 0.227 e. The van der Waals surface area contributed by atoms with E-state index in [9.17, 15) is 0 Å². The molecule has 5 heteroatoms. The van der Waals surface area contributed by atoms with Gasteiger partial charge in [0.25, 0.3) is 0 Å². The minimum absolute atomic E-state index is 0.644. The van der Waals surface area contributed by atoms with E-state index in [1.54, 1.807) is 12.4 Å². The van der Waals surface area contributed by atoms with Gasteiger partial charge in [0, 0.05) is 56.8 Å². The van der Waals surface area contributed by atoms with Gasteiger partial charge in [-0.3, -0.25) is 4.90 Å². The molecule has 0 amide bonds. The van der Waals surface area contributed by atoms with Crippen LogP contribution in [-0.2, 0) is 6.42 Å². The van der Waals surface area contributed by atoms with Gasteiger partial charge in [-0.05, 0) is 43.0 Å². The van der Waals surface area contributed by atoms with Gasteiger partial charge in [0.1, 0.15) is 0 Å². The predicted molar refractivity (Wildman–Crippen MR) is 96.5 cm³/mol. The normalized spacial score (nSPS) is 19.3. The van der Waals surface area contributed by atoms with Crippen molar-refractivity contribution >= 4 is 11.6 Å². The molecule has 2 fully saturated rings. The molecule has 1 aliphatic carbocycles. The summed E-state index contributed by atoms with van der Waals surface area (Å²) in [5.41, 5.74) is 2.41. The molecular formula is C19H25N5. The largest absolute Gasteiger partial charge is 0.324 e. The Bertz CT molecular complexity index is 648. The van der Waals surface area contributed by atoms with Crippen LogP contribution in [0.1, 0.15) is 18.4 Å². The fourth-order valence-corrected chi connectivity index (χ4v) is 3.38. The Balaban J connectivity index is 1.28. The molecule has 1 aliphatic heterocycles. The van der Waals surface area contributed by atoms with Crippen molar-refractivity contribution in [3.8, 4) is 0 Å². The van der Waals surface area contributed by atoms with Crippen molar-refractivity contribution in [3.05, 3.63) is 48.3 Å². The lowest BCUT2D eigenvalue weighted by molar-refractivity contribution is 0.127. The van der Waals surface area contributed by atoms with Crippen LogP contribution in [0.5, 0.6) is 0 Å². The summed E-state index contributed by atoms with van der Waals surface area (Å²) in [7, 11) is 0. The third-order valence-corrected chi connectivity index (χ3v) is 4.94. The summed E-state index contributed by atoms with van der Waals surface area (Å²) in [6, 6.07) is 11.3. The minimum Gasteiger partial charge on any atom is -0.324 e. The molecule has 0 spiro atoms. The van der Waals surface area contributed by atoms with E-state index in [1.165, 1.54) is 44.6 Å². The fraction of sp³-hybridized carbons (Fsp3) is 0.474. The molecule has 0 unspecified atom stereocenters. The predicted octanol–water partition coefficient (Wildman–Crippen LogP) is 2.54. The molecule has 0 radical (unpaired) electrons. The van der Waals surface area contributed by atoms with Crippen molar-refractivity contribution in [1.29, 1.82) is 0 Å². The maximum atomic E-state index is 4.21. The van der Waals surface area contributed by atoms with Gasteiger partial charge in [-0.25, -0.2) is 9.97 Å². The highest BCUT2D eigenvalue weighted by molar-refractivity contribution is 5.54. The summed E-state index contributed by atoms with van der Waals surface area (Å²) in [4.78, 5) is 13.7. The third kappa shape index (κ3) is 4.10. The Kier molecular flexibility index (Phi) is 4.71. The average molecular weight is 323 g/mol. The zero-order valence-electron chi connectivity index (χ0n) is 14.1. The van der Waals surface area contributed by atoms with Crippen molar-refractivity contribution in [3.63, 3.8) is 0 Å². The average Bonchev–Trinajstić information content (AvgIpc) is 3.47. The zero-order valence-corrected chi connectivity index (χ0v) is 14.1. The molecule has 24 heavy (non-hydrogen) atoms. The number of hydrogen-bond acceptors (Lipinski definition) is 5. The monoisotopic (exact) mass is 323 g/mol. The minimum atomic E-state index is 0.644. The van der Waals surface area contributed by atoms with E-state index < -0.39 is 0 Å². The van der Waals surface area contributed by atoms with Gasteiger partial charge in [0.05, 0.1) is 0 Å². The molecule has 126 valence electrons. The molecule has 2 aliphatic rings. The van der Waals surface area contributed by atoms with E-state index >= 15 is 0 Å². The van der Waals surface area contributed by atoms with E-state index in [-0.39, 0.29) is 0 Å². The lowest BCUT2D eigenvalue weighted by atomic mass is 10.1. The number of piperazine rings is 1. The molecule has 1 aromatic heterocycles. The van der Waals surface area contributed by atoms with Gasteiger partial charge < -0.3 is 10.2 Å². The quantitative estimate of drug-likeness (QED) is 0.885. The Morgan fingerprint density at radius 1 is 1.00 bits per heavy atom. The molecule has 0 bridgehead atoms. The first-order valence-electron chi connectivity index (χ1n) is 8.96. The Morgan fingerprint density at radius 3 is 2.54 bits per heavy atom. The molecule has 1 aromatic carbocycles. The topological polar surface area (TPSA) is 44.3 Å². The molecule has 5 nitrogen and oxygen atoms in total. The Morgan fingerprint density at radius 2 is 1.79 bits per heavy atom. The molecule has 4 rings (SSSR count). The molecule has 1 saturated heterocycles. The second-order valence-electron chi connectivity index (χ2n) is 6.76. The first-order chi connectivity index (χ1) is 11.9. The van der Waals surface area contributed by atoms with Crippen LogP contribution in [0.3, 0.4) is 0 Å². The summed E-state index contributed by atoms with van der Waals surface area (Å²) < 4.78 is 0. The van der Waals surface area contributed by atoms with Gasteiger partial charge in [-0.15, -0.1) is 0 Å². The van der Waals surface area contributed by atoms with E-state index in [2.05, 4.69) is 49.4 Å². The maximum absolute atomic E-state index is 4.21. The summed E-state index contributed by atoms with van der Waals surface area (Å²) in [6.45, 7) is 6.07. The number of anilines is 2. The van der Waals surface area contributed by atoms with Crippen LogP contribution in [0.15, 0.2) is 42.7 Å². The van der Waals surface area contributed by atoms with Gasteiger partial charge in [0.2, 0.25) is 5.95 Å². The molecule has 1 N–H and O–H groups in total. The van der Waals surface area contributed by atoms with Crippen LogP contribution in [0, 0.1) is 0 Å². The summed E-state index contributed by atoms with van der Waals surface area (Å²) in [6.07, 6.45) is 7.44. The van der Waals surface area contributed by atoms with Crippen molar-refractivity contribution in [1.82, 2.24) is 19.8 Å². The Labute approximate surface area is 143 Å². The summed E-state index contributed by atoms with van der Waals surface area (Å²) >= 11 is 0. The SMILES string of the molecule is c1cnc(Nc2cccc(CCN3CCN(C4CC4)CC3)c2)nc1. The summed E-state index contributed by atoms with van der Waals surface area (Å²) in [5.74, 6) is 0.644. The first-order valence-corrected chi connectivity index (χ1v) is 8.96. The van der Waals surface area contributed by atoms with Crippen molar-refractivity contribution < 1.29 is 0 Å². The summed E-state index contributed by atoms with van der Waals surface area (Å²) in [5, 5.41) is 3.26. The lowest BCUT2D eigenvalue weighted by Gasteiger charge is -2.34. The zero-order chi connectivity index (χ0) is 16.2. The molecule has 1 saturated carbocycles. The highest BCUT2D eigenvalue weighted by Crippen LogP contribution is 2.27. The highest BCUT2D eigenvalue weighted by Gasteiger charge is 2.30. The van der Waals surface area contributed by atoms with Crippen LogP contribution in [-0.4, -0.2) is 58.5 Å². The molecule has 0 atom stereocenters. The number of nitrogens with zero attached hydrogens (tertiary/aromatic N) is 4. The van der Waals surface area contributed by atoms with Gasteiger partial charge in [0.15, 0.2) is 0 Å². The Hall–Kier alpha value is -1.98. The second kappa shape index (κ2) is 7.28. The highest BCUT2D eigenvalue weighted by atomic mass is 15.3. The van der Waals surface area contributed by atoms with Gasteiger partial charge >= 0.3 is 0 Å². The first kappa shape index (κ1) is 15.5. The van der Waals surface area contributed by atoms with E-state index in [4.69, 9.17) is 0 Å². The van der Waals surface area contributed by atoms with Crippen LogP contribution >= 0.6 is 0 Å². The van der Waals surface area contributed by atoms with Crippen LogP contribution < -0.4 is 5.32 Å². The van der Waals surface area contributed by atoms with Crippen LogP contribution in [0.25, 0.3) is 0 Å². The molecular weight excluding hydrogens is 298 g/mol. The number of rotatable bonds is 6. The van der Waals surface area contributed by atoms with Gasteiger partial charge in [-0.2, -0.15) is 0 Å². The number of hydrogen-bond donors (Lipinski definition) is 1.